The summed E-state index contributed by atoms with van der Waals surface area (Å²) in [6.45, 7) is 3.25. The van der Waals surface area contributed by atoms with E-state index in [1.165, 1.54) is 59.3 Å². The summed E-state index contributed by atoms with van der Waals surface area (Å²) in [5, 5.41) is -0.355. The third-order valence-electron chi connectivity index (χ3n) is 9.54. The molecule has 6 rings (SSSR count). The predicted octanol–water partition coefficient (Wildman–Crippen LogP) is 10.6. The zero-order valence-corrected chi connectivity index (χ0v) is 32.1. The van der Waals surface area contributed by atoms with Crippen LogP contribution in [0.4, 0.5) is 17.6 Å². The van der Waals surface area contributed by atoms with E-state index >= 15 is 8.78 Å². The van der Waals surface area contributed by atoms with Crippen molar-refractivity contribution in [2.75, 3.05) is 26.2 Å². The molecule has 4 heterocycles. The molecular formula is C43H48Cl2F4N4O2. The van der Waals surface area contributed by atoms with Crippen molar-refractivity contribution in [3.05, 3.63) is 128 Å². The SMILES string of the molecule is [2H]C([2H])(C)c1ccc(C([2H])([2H])CC([2H])([2H])C2(F)CCN(C(=O)c3ccc(F)c(Cl)c3)CC2)nc1.[2H]C([2H])(CCc1ccc(C)cn1)C1(F)CCN(C(=O)c2ccc(F)c(Cl)c2)CC1. The molecule has 2 aliphatic heterocycles. The number of pyridine rings is 2. The molecule has 2 aromatic carbocycles. The maximum Gasteiger partial charge on any atom is 0.253 e. The largest absolute Gasteiger partial charge is 0.338 e. The Bertz CT molecular complexity index is 2260. The summed E-state index contributed by atoms with van der Waals surface area (Å²) in [4.78, 5) is 36.3. The van der Waals surface area contributed by atoms with Crippen molar-refractivity contribution >= 4 is 35.0 Å². The Morgan fingerprint density at radius 3 is 1.65 bits per heavy atom. The fourth-order valence-corrected chi connectivity index (χ4v) is 6.47. The molecule has 0 spiro atoms. The van der Waals surface area contributed by atoms with Crippen LogP contribution < -0.4 is 0 Å². The highest BCUT2D eigenvalue weighted by molar-refractivity contribution is 6.31. The maximum absolute atomic E-state index is 15.8. The number of halogens is 6. The number of hydrogen-bond acceptors (Lipinski definition) is 4. The standard InChI is InChI=1S/C22H25ClF2N2O.C21H23ClF2N2O/c1-2-16-5-7-18(26-15-16)4-3-9-22(25)10-12-27(13-11-22)21(28)17-6-8-20(24)19(23)14-17;1-15-4-6-17(25-14-15)3-2-8-21(24)9-11-26(12-10-21)20(27)16-5-7-19(23)18(22)13-16/h5-8,14-15H,2-4,9-13H2,1H3;4-7,13-14H,2-3,8-12H2,1H3/i2D2,4D2,9D2;8D2. The number of amides is 2. The smallest absolute Gasteiger partial charge is 0.253 e. The van der Waals surface area contributed by atoms with Gasteiger partial charge in [-0.05, 0) is 137 Å². The Hall–Kier alpha value is -4.02. The molecule has 2 fully saturated rings. The van der Waals surface area contributed by atoms with E-state index < -0.39 is 60.8 Å². The van der Waals surface area contributed by atoms with Gasteiger partial charge in [0.15, 0.2) is 0 Å². The number of carbonyl (C=O) groups excluding carboxylic acids is 2. The van der Waals surface area contributed by atoms with Gasteiger partial charge in [-0.1, -0.05) is 42.3 Å². The number of likely N-dealkylation sites (tertiary alicyclic amines) is 2. The van der Waals surface area contributed by atoms with Gasteiger partial charge in [0.1, 0.15) is 23.0 Å². The van der Waals surface area contributed by atoms with Gasteiger partial charge in [0.2, 0.25) is 0 Å². The number of nitrogens with zero attached hydrogens (tertiary/aromatic N) is 4. The lowest BCUT2D eigenvalue weighted by molar-refractivity contribution is 0.0380. The molecule has 0 saturated carbocycles. The first kappa shape index (κ1) is 32.1. The van der Waals surface area contributed by atoms with E-state index in [2.05, 4.69) is 9.97 Å². The van der Waals surface area contributed by atoms with Crippen LogP contribution in [-0.2, 0) is 19.2 Å². The van der Waals surface area contributed by atoms with Crippen LogP contribution in [0.15, 0.2) is 73.1 Å². The van der Waals surface area contributed by atoms with Gasteiger partial charge in [-0.3, -0.25) is 19.6 Å². The molecule has 0 radical (unpaired) electrons. The Morgan fingerprint density at radius 1 is 0.727 bits per heavy atom. The summed E-state index contributed by atoms with van der Waals surface area (Å²) in [7, 11) is 0. The summed E-state index contributed by atoms with van der Waals surface area (Å²) in [6.07, 6.45) is -6.97. The molecule has 12 heteroatoms. The van der Waals surface area contributed by atoms with Crippen LogP contribution in [0, 0.1) is 18.6 Å². The van der Waals surface area contributed by atoms with Gasteiger partial charge in [-0.15, -0.1) is 0 Å². The number of alkyl halides is 2. The van der Waals surface area contributed by atoms with Gasteiger partial charge in [0.05, 0.1) is 10.0 Å². The molecule has 0 aliphatic carbocycles. The molecule has 2 saturated heterocycles. The molecule has 55 heavy (non-hydrogen) atoms. The van der Waals surface area contributed by atoms with Crippen LogP contribution in [-0.4, -0.2) is 69.1 Å². The second kappa shape index (κ2) is 19.2. The number of aromatic nitrogens is 2. The Labute approximate surface area is 342 Å². The number of carbonyl (C=O) groups is 2. The minimum absolute atomic E-state index is 0.0150. The van der Waals surface area contributed by atoms with Crippen LogP contribution in [0.5, 0.6) is 0 Å². The van der Waals surface area contributed by atoms with Crippen molar-refractivity contribution < 1.29 is 38.1 Å². The van der Waals surface area contributed by atoms with Crippen molar-refractivity contribution in [2.24, 2.45) is 0 Å². The van der Waals surface area contributed by atoms with Crippen molar-refractivity contribution in [1.29, 1.82) is 0 Å². The van der Waals surface area contributed by atoms with Gasteiger partial charge in [-0.25, -0.2) is 17.6 Å². The molecule has 0 bridgehead atoms. The lowest BCUT2D eigenvalue weighted by Crippen LogP contribution is -2.44. The molecular weight excluding hydrogens is 751 g/mol. The quantitative estimate of drug-likeness (QED) is 0.142. The van der Waals surface area contributed by atoms with Crippen LogP contribution in [0.3, 0.4) is 0 Å². The fourth-order valence-electron chi connectivity index (χ4n) is 6.11. The monoisotopic (exact) mass is 806 g/mol. The molecule has 2 amide bonds. The van der Waals surface area contributed by atoms with Crippen molar-refractivity contribution in [3.63, 3.8) is 0 Å². The topological polar surface area (TPSA) is 66.4 Å². The average molecular weight is 808 g/mol. The second-order valence-corrected chi connectivity index (χ2v) is 14.3. The number of benzene rings is 2. The second-order valence-electron chi connectivity index (χ2n) is 13.5. The highest BCUT2D eigenvalue weighted by Crippen LogP contribution is 2.34. The molecule has 2 aliphatic rings. The van der Waals surface area contributed by atoms with Gasteiger partial charge in [0, 0.05) is 72.1 Å². The van der Waals surface area contributed by atoms with E-state index in [1.807, 2.05) is 19.1 Å². The summed E-state index contributed by atoms with van der Waals surface area (Å²) in [5.74, 6) is -2.11. The predicted molar refractivity (Wildman–Crippen MR) is 209 cm³/mol. The zero-order valence-electron chi connectivity index (χ0n) is 38.6. The fraction of sp³-hybridized carbons (Fsp3) is 0.442. The van der Waals surface area contributed by atoms with Gasteiger partial charge < -0.3 is 9.80 Å². The molecule has 6 nitrogen and oxygen atoms in total. The first-order valence-corrected chi connectivity index (χ1v) is 18.7. The molecule has 2 aromatic heterocycles. The lowest BCUT2D eigenvalue weighted by Gasteiger charge is -2.36. The third kappa shape index (κ3) is 12.0. The van der Waals surface area contributed by atoms with E-state index in [9.17, 15) is 18.4 Å². The Kier molecular flexibility index (Phi) is 11.2. The zero-order chi connectivity index (χ0) is 46.8. The Morgan fingerprint density at radius 2 is 1.22 bits per heavy atom. The molecule has 294 valence electrons. The first-order valence-electron chi connectivity index (χ1n) is 21.9. The maximum atomic E-state index is 15.8. The van der Waals surface area contributed by atoms with Gasteiger partial charge in [0.25, 0.3) is 11.8 Å². The summed E-state index contributed by atoms with van der Waals surface area (Å²) in [5.41, 5.74) is -2.15. The van der Waals surface area contributed by atoms with Gasteiger partial charge >= 0.3 is 0 Å². The van der Waals surface area contributed by atoms with Crippen LogP contribution in [0.2, 0.25) is 10.0 Å². The van der Waals surface area contributed by atoms with Crippen molar-refractivity contribution in [3.8, 4) is 0 Å². The van der Waals surface area contributed by atoms with E-state index in [4.69, 9.17) is 34.2 Å². The molecule has 0 N–H and O–H groups in total. The minimum Gasteiger partial charge on any atom is -0.338 e. The van der Waals surface area contributed by atoms with Crippen molar-refractivity contribution in [1.82, 2.24) is 19.8 Å². The summed E-state index contributed by atoms with van der Waals surface area (Å²) < 4.78 is 123. The van der Waals surface area contributed by atoms with E-state index in [-0.39, 0.29) is 96.6 Å². The number of hydrogen-bond donors (Lipinski definition) is 0. The van der Waals surface area contributed by atoms with Crippen molar-refractivity contribution in [2.45, 2.75) is 95.6 Å². The summed E-state index contributed by atoms with van der Waals surface area (Å²) >= 11 is 11.5. The summed E-state index contributed by atoms with van der Waals surface area (Å²) in [6, 6.07) is 13.6. The van der Waals surface area contributed by atoms with Crippen LogP contribution >= 0.6 is 23.2 Å². The molecule has 0 atom stereocenters. The molecule has 4 aromatic rings. The van der Waals surface area contributed by atoms with Crippen LogP contribution in [0.25, 0.3) is 0 Å². The number of aryl methyl sites for hydroxylation is 4. The highest BCUT2D eigenvalue weighted by Gasteiger charge is 2.37. The molecule has 0 unspecified atom stereocenters. The third-order valence-corrected chi connectivity index (χ3v) is 10.1. The first-order chi connectivity index (χ1) is 29.2. The highest BCUT2D eigenvalue weighted by atomic mass is 35.5. The number of piperidine rings is 2. The van der Waals surface area contributed by atoms with Gasteiger partial charge in [-0.2, -0.15) is 0 Å². The normalized spacial score (nSPS) is 19.5. The number of rotatable bonds is 11. The van der Waals surface area contributed by atoms with E-state index in [0.717, 1.165) is 23.4 Å². The van der Waals surface area contributed by atoms with E-state index in [1.54, 1.807) is 6.20 Å². The lowest BCUT2D eigenvalue weighted by atomic mass is 9.87. The van der Waals surface area contributed by atoms with E-state index in [0.29, 0.717) is 6.42 Å². The Balaban J connectivity index is 0.000000240. The average Bonchev–Trinajstić information content (AvgIpc) is 3.22. The minimum atomic E-state index is -2.56. The van der Waals surface area contributed by atoms with Crippen LogP contribution in [0.1, 0.15) is 112 Å².